The molecule has 0 fully saturated rings. The van der Waals surface area contributed by atoms with Crippen LogP contribution in [0.2, 0.25) is 0 Å². The lowest BCUT2D eigenvalue weighted by Gasteiger charge is -2.14. The van der Waals surface area contributed by atoms with E-state index in [9.17, 15) is 22.4 Å². The number of hydrogen-bond acceptors (Lipinski definition) is 2. The Morgan fingerprint density at radius 3 is 2.39 bits per heavy atom. The molecule has 1 aromatic carbocycles. The molecule has 0 bridgehead atoms. The highest BCUT2D eigenvalue weighted by molar-refractivity contribution is 8.14. The zero-order chi connectivity index (χ0) is 13.6. The number of carbonyl (C=O) groups excluding carboxylic acids is 1. The van der Waals surface area contributed by atoms with Crippen molar-refractivity contribution in [2.45, 2.75) is 25.2 Å². The minimum atomic E-state index is -3.96. The smallest absolute Gasteiger partial charge is 0.282 e. The van der Waals surface area contributed by atoms with Crippen molar-refractivity contribution in [3.8, 4) is 0 Å². The van der Waals surface area contributed by atoms with Crippen molar-refractivity contribution in [2.75, 3.05) is 5.75 Å². The maximum atomic E-state index is 12.5. The van der Waals surface area contributed by atoms with Gasteiger partial charge in [0.25, 0.3) is 0 Å². The largest absolute Gasteiger partial charge is 0.307 e. The molecular weight excluding hydrogens is 268 g/mol. The molecule has 0 aliphatic rings. The Kier molecular flexibility index (Phi) is 5.65. The highest BCUT2D eigenvalue weighted by atomic mass is 32.2. The van der Waals surface area contributed by atoms with Crippen LogP contribution in [0.25, 0.3) is 0 Å². The molecule has 1 rings (SSSR count). The van der Waals surface area contributed by atoms with Gasteiger partial charge < -0.3 is 0 Å². The third kappa shape index (κ3) is 4.68. The number of alkyl halides is 4. The first-order chi connectivity index (χ1) is 8.43. The van der Waals surface area contributed by atoms with Gasteiger partial charge in [0, 0.05) is 17.7 Å². The number of rotatable bonds is 6. The second-order valence-corrected chi connectivity index (χ2v) is 4.73. The van der Waals surface area contributed by atoms with Gasteiger partial charge in [-0.1, -0.05) is 42.1 Å². The zero-order valence-electron chi connectivity index (χ0n) is 9.41. The van der Waals surface area contributed by atoms with Crippen LogP contribution in [-0.2, 0) is 0 Å². The maximum Gasteiger partial charge on any atom is 0.307 e. The molecule has 0 aliphatic carbocycles. The first-order valence-electron chi connectivity index (χ1n) is 5.31. The van der Waals surface area contributed by atoms with E-state index in [0.29, 0.717) is 5.56 Å². The van der Waals surface area contributed by atoms with Crippen molar-refractivity contribution in [2.24, 2.45) is 0 Å². The molecule has 0 N–H and O–H groups in total. The van der Waals surface area contributed by atoms with Gasteiger partial charge in [-0.15, -0.1) is 0 Å². The highest BCUT2D eigenvalue weighted by Gasteiger charge is 2.39. The molecule has 0 heterocycles. The standard InChI is InChI=1S/C12H12F4OS/c13-11(14)12(15,16)7-4-8-18-10(17)9-5-2-1-3-6-9/h1-3,5-6,11H,4,7-8H2. The van der Waals surface area contributed by atoms with Gasteiger partial charge in [0.15, 0.2) is 0 Å². The van der Waals surface area contributed by atoms with Crippen LogP contribution in [0, 0.1) is 0 Å². The molecule has 0 aliphatic heterocycles. The van der Waals surface area contributed by atoms with E-state index in [1.54, 1.807) is 30.3 Å². The van der Waals surface area contributed by atoms with Gasteiger partial charge in [0.2, 0.25) is 5.12 Å². The van der Waals surface area contributed by atoms with Gasteiger partial charge in [-0.3, -0.25) is 4.79 Å². The molecule has 1 aromatic rings. The molecule has 0 radical (unpaired) electrons. The third-order valence-corrected chi connectivity index (χ3v) is 3.21. The molecule has 0 amide bonds. The van der Waals surface area contributed by atoms with Gasteiger partial charge in [-0.25, -0.2) is 17.6 Å². The van der Waals surface area contributed by atoms with Crippen LogP contribution in [-0.4, -0.2) is 23.2 Å². The molecule has 0 spiro atoms. The average molecular weight is 280 g/mol. The Hall–Kier alpha value is -1.04. The summed E-state index contributed by atoms with van der Waals surface area (Å²) in [5, 5.41) is -0.240. The summed E-state index contributed by atoms with van der Waals surface area (Å²) in [7, 11) is 0. The molecular formula is C12H12F4OS. The van der Waals surface area contributed by atoms with Gasteiger partial charge in [0.1, 0.15) is 0 Å². The minimum absolute atomic E-state index is 0.107. The Bertz CT molecular complexity index is 381. The summed E-state index contributed by atoms with van der Waals surface area (Å²) in [6.45, 7) is 0. The normalized spacial score (nSPS) is 11.8. The zero-order valence-corrected chi connectivity index (χ0v) is 10.2. The SMILES string of the molecule is O=C(SCCCC(F)(F)C(F)F)c1ccccc1. The van der Waals surface area contributed by atoms with Crippen molar-refractivity contribution in [3.63, 3.8) is 0 Å². The van der Waals surface area contributed by atoms with Crippen LogP contribution in [0.15, 0.2) is 30.3 Å². The van der Waals surface area contributed by atoms with Crippen LogP contribution in [0.4, 0.5) is 17.6 Å². The van der Waals surface area contributed by atoms with E-state index in [2.05, 4.69) is 0 Å². The first-order valence-corrected chi connectivity index (χ1v) is 6.30. The van der Waals surface area contributed by atoms with Gasteiger partial charge >= 0.3 is 12.3 Å². The van der Waals surface area contributed by atoms with Crippen molar-refractivity contribution in [3.05, 3.63) is 35.9 Å². The van der Waals surface area contributed by atoms with Crippen LogP contribution in [0.5, 0.6) is 0 Å². The van der Waals surface area contributed by atoms with Gasteiger partial charge in [0.05, 0.1) is 0 Å². The van der Waals surface area contributed by atoms with E-state index < -0.39 is 18.8 Å². The predicted molar refractivity (Wildman–Crippen MR) is 63.4 cm³/mol. The van der Waals surface area contributed by atoms with Gasteiger partial charge in [-0.2, -0.15) is 0 Å². The molecule has 0 unspecified atom stereocenters. The quantitative estimate of drug-likeness (QED) is 0.572. The minimum Gasteiger partial charge on any atom is -0.282 e. The van der Waals surface area contributed by atoms with E-state index in [1.807, 2.05) is 0 Å². The summed E-state index contributed by atoms with van der Waals surface area (Å²) in [6.07, 6.45) is -4.67. The van der Waals surface area contributed by atoms with E-state index in [0.717, 1.165) is 11.8 Å². The molecule has 1 nitrogen and oxygen atoms in total. The summed E-state index contributed by atoms with van der Waals surface area (Å²) in [6, 6.07) is 8.37. The van der Waals surface area contributed by atoms with E-state index >= 15 is 0 Å². The fraction of sp³-hybridized carbons (Fsp3) is 0.417. The summed E-state index contributed by atoms with van der Waals surface area (Å²) in [4.78, 5) is 11.5. The van der Waals surface area contributed by atoms with Crippen molar-refractivity contribution in [1.29, 1.82) is 0 Å². The molecule has 6 heteroatoms. The lowest BCUT2D eigenvalue weighted by molar-refractivity contribution is -0.132. The second-order valence-electron chi connectivity index (χ2n) is 3.67. The van der Waals surface area contributed by atoms with Crippen LogP contribution < -0.4 is 0 Å². The summed E-state index contributed by atoms with van der Waals surface area (Å²) >= 11 is 0.865. The Morgan fingerprint density at radius 2 is 1.83 bits per heavy atom. The number of halogens is 4. The van der Waals surface area contributed by atoms with E-state index in [1.165, 1.54) is 0 Å². The van der Waals surface area contributed by atoms with Gasteiger partial charge in [-0.05, 0) is 6.42 Å². The van der Waals surface area contributed by atoms with E-state index in [4.69, 9.17) is 0 Å². The molecule has 0 saturated heterocycles. The summed E-state index contributed by atoms with van der Waals surface area (Å²) < 4.78 is 48.8. The Morgan fingerprint density at radius 1 is 1.22 bits per heavy atom. The fourth-order valence-electron chi connectivity index (χ4n) is 1.24. The second kappa shape index (κ2) is 6.78. The molecule has 0 atom stereocenters. The topological polar surface area (TPSA) is 17.1 Å². The Balaban J connectivity index is 2.29. The van der Waals surface area contributed by atoms with Crippen LogP contribution >= 0.6 is 11.8 Å². The van der Waals surface area contributed by atoms with E-state index in [-0.39, 0.29) is 17.3 Å². The fourth-order valence-corrected chi connectivity index (χ4v) is 2.02. The average Bonchev–Trinajstić information content (AvgIpc) is 2.35. The molecule has 100 valence electrons. The summed E-state index contributed by atoms with van der Waals surface area (Å²) in [5.41, 5.74) is 0.475. The van der Waals surface area contributed by atoms with Crippen molar-refractivity contribution < 1.29 is 22.4 Å². The van der Waals surface area contributed by atoms with Crippen molar-refractivity contribution in [1.82, 2.24) is 0 Å². The monoisotopic (exact) mass is 280 g/mol. The third-order valence-electron chi connectivity index (χ3n) is 2.22. The lowest BCUT2D eigenvalue weighted by atomic mass is 10.2. The number of hydrogen-bond donors (Lipinski definition) is 0. The molecule has 0 saturated carbocycles. The number of benzene rings is 1. The molecule has 0 aromatic heterocycles. The predicted octanol–water partition coefficient (Wildman–Crippen LogP) is 4.24. The lowest BCUT2D eigenvalue weighted by Crippen LogP contribution is -2.26. The van der Waals surface area contributed by atoms with Crippen LogP contribution in [0.3, 0.4) is 0 Å². The summed E-state index contributed by atoms with van der Waals surface area (Å²) in [5.74, 6) is -3.85. The first kappa shape index (κ1) is 15.0. The number of thioether (sulfide) groups is 1. The number of carbonyl (C=O) groups is 1. The molecule has 18 heavy (non-hydrogen) atoms. The Labute approximate surface area is 107 Å². The highest BCUT2D eigenvalue weighted by Crippen LogP contribution is 2.28. The van der Waals surface area contributed by atoms with Crippen LogP contribution in [0.1, 0.15) is 23.2 Å². The maximum absolute atomic E-state index is 12.5. The van der Waals surface area contributed by atoms with Crippen molar-refractivity contribution >= 4 is 16.9 Å².